The van der Waals surface area contributed by atoms with Gasteiger partial charge in [-0.05, 0) is 38.0 Å². The van der Waals surface area contributed by atoms with Gasteiger partial charge in [0, 0.05) is 32.1 Å². The SMILES string of the molecule is CC1CCCCN1CCN1CC(CS)CC1=O. The maximum absolute atomic E-state index is 11.8. The number of amides is 1. The molecule has 0 N–H and O–H groups in total. The van der Waals surface area contributed by atoms with Crippen molar-refractivity contribution in [2.75, 3.05) is 31.9 Å². The minimum Gasteiger partial charge on any atom is -0.341 e. The third-order valence-corrected chi connectivity index (χ3v) is 4.67. The highest BCUT2D eigenvalue weighted by Gasteiger charge is 2.29. The molecule has 4 heteroatoms. The number of hydrogen-bond acceptors (Lipinski definition) is 3. The summed E-state index contributed by atoms with van der Waals surface area (Å²) in [6.07, 6.45) is 4.70. The van der Waals surface area contributed by atoms with Crippen LogP contribution in [0.1, 0.15) is 32.6 Å². The molecule has 0 aliphatic carbocycles. The highest BCUT2D eigenvalue weighted by molar-refractivity contribution is 7.80. The van der Waals surface area contributed by atoms with E-state index >= 15 is 0 Å². The van der Waals surface area contributed by atoms with Gasteiger partial charge in [0.2, 0.25) is 5.91 Å². The lowest BCUT2D eigenvalue weighted by molar-refractivity contribution is -0.128. The predicted octanol–water partition coefficient (Wildman–Crippen LogP) is 1.64. The molecule has 2 fully saturated rings. The summed E-state index contributed by atoms with van der Waals surface area (Å²) in [4.78, 5) is 16.3. The van der Waals surface area contributed by atoms with Crippen molar-refractivity contribution in [3.8, 4) is 0 Å². The fourth-order valence-corrected chi connectivity index (χ4v) is 3.18. The number of carbonyl (C=O) groups is 1. The third kappa shape index (κ3) is 3.38. The van der Waals surface area contributed by atoms with Crippen molar-refractivity contribution < 1.29 is 4.79 Å². The molecule has 0 aromatic heterocycles. The molecular formula is C13H24N2OS. The molecule has 0 aromatic carbocycles. The van der Waals surface area contributed by atoms with Crippen LogP contribution in [0.25, 0.3) is 0 Å². The van der Waals surface area contributed by atoms with Crippen molar-refractivity contribution in [2.24, 2.45) is 5.92 Å². The maximum atomic E-state index is 11.8. The molecule has 3 nitrogen and oxygen atoms in total. The van der Waals surface area contributed by atoms with Gasteiger partial charge in [-0.1, -0.05) is 6.42 Å². The normalized spacial score (nSPS) is 31.2. The Morgan fingerprint density at radius 2 is 2.18 bits per heavy atom. The average Bonchev–Trinajstić information content (AvgIpc) is 2.69. The van der Waals surface area contributed by atoms with Crippen LogP contribution in [0, 0.1) is 5.92 Å². The molecule has 0 radical (unpaired) electrons. The summed E-state index contributed by atoms with van der Waals surface area (Å²) in [5, 5.41) is 0. The zero-order chi connectivity index (χ0) is 12.3. The number of thiol groups is 1. The van der Waals surface area contributed by atoms with Crippen molar-refractivity contribution in [1.82, 2.24) is 9.80 Å². The molecule has 17 heavy (non-hydrogen) atoms. The molecule has 2 aliphatic rings. The predicted molar refractivity (Wildman–Crippen MR) is 73.4 cm³/mol. The Morgan fingerprint density at radius 3 is 2.82 bits per heavy atom. The molecule has 0 spiro atoms. The number of hydrogen-bond donors (Lipinski definition) is 1. The fourth-order valence-electron chi connectivity index (χ4n) is 2.93. The van der Waals surface area contributed by atoms with E-state index in [1.807, 2.05) is 4.90 Å². The van der Waals surface area contributed by atoms with Gasteiger partial charge in [-0.2, -0.15) is 12.6 Å². The van der Waals surface area contributed by atoms with Gasteiger partial charge >= 0.3 is 0 Å². The van der Waals surface area contributed by atoms with E-state index in [-0.39, 0.29) is 0 Å². The fraction of sp³-hybridized carbons (Fsp3) is 0.923. The minimum atomic E-state index is 0.328. The Labute approximate surface area is 110 Å². The van der Waals surface area contributed by atoms with Gasteiger partial charge in [0.25, 0.3) is 0 Å². The van der Waals surface area contributed by atoms with Crippen molar-refractivity contribution in [1.29, 1.82) is 0 Å². The molecule has 2 aliphatic heterocycles. The molecule has 0 bridgehead atoms. The third-order valence-electron chi connectivity index (χ3n) is 4.15. The van der Waals surface area contributed by atoms with E-state index in [0.717, 1.165) is 25.4 Å². The molecule has 2 unspecified atom stereocenters. The lowest BCUT2D eigenvalue weighted by Crippen LogP contribution is -2.42. The lowest BCUT2D eigenvalue weighted by atomic mass is 10.0. The standard InChI is InChI=1S/C13H24N2OS/c1-11-4-2-3-5-14(11)6-7-15-9-12(10-17)8-13(15)16/h11-12,17H,2-10H2,1H3. The van der Waals surface area contributed by atoms with Crippen LogP contribution in [0.4, 0.5) is 0 Å². The van der Waals surface area contributed by atoms with Gasteiger partial charge in [-0.25, -0.2) is 0 Å². The Kier molecular flexibility index (Phi) is 4.74. The van der Waals surface area contributed by atoms with Crippen molar-refractivity contribution >= 4 is 18.5 Å². The van der Waals surface area contributed by atoms with E-state index in [4.69, 9.17) is 0 Å². The molecule has 0 saturated carbocycles. The zero-order valence-corrected chi connectivity index (χ0v) is 11.7. The first-order valence-electron chi connectivity index (χ1n) is 6.83. The number of carbonyl (C=O) groups excluding carboxylic acids is 1. The van der Waals surface area contributed by atoms with Gasteiger partial charge in [0.05, 0.1) is 0 Å². The van der Waals surface area contributed by atoms with Crippen LogP contribution in [0.2, 0.25) is 0 Å². The first-order chi connectivity index (χ1) is 8.20. The highest BCUT2D eigenvalue weighted by atomic mass is 32.1. The van der Waals surface area contributed by atoms with Crippen LogP contribution in [-0.4, -0.2) is 53.7 Å². The van der Waals surface area contributed by atoms with E-state index in [0.29, 0.717) is 24.3 Å². The second-order valence-electron chi connectivity index (χ2n) is 5.47. The second-order valence-corrected chi connectivity index (χ2v) is 5.84. The average molecular weight is 256 g/mol. The number of piperidine rings is 1. The zero-order valence-electron chi connectivity index (χ0n) is 10.8. The summed E-state index contributed by atoms with van der Waals surface area (Å²) >= 11 is 4.29. The van der Waals surface area contributed by atoms with Crippen LogP contribution >= 0.6 is 12.6 Å². The minimum absolute atomic E-state index is 0.328. The maximum Gasteiger partial charge on any atom is 0.222 e. The molecule has 2 rings (SSSR count). The van der Waals surface area contributed by atoms with Crippen molar-refractivity contribution in [2.45, 2.75) is 38.6 Å². The van der Waals surface area contributed by atoms with E-state index < -0.39 is 0 Å². The number of nitrogens with zero attached hydrogens (tertiary/aromatic N) is 2. The first kappa shape index (κ1) is 13.2. The first-order valence-corrected chi connectivity index (χ1v) is 7.46. The van der Waals surface area contributed by atoms with Crippen LogP contribution in [-0.2, 0) is 4.79 Å². The van der Waals surface area contributed by atoms with Crippen molar-refractivity contribution in [3.63, 3.8) is 0 Å². The monoisotopic (exact) mass is 256 g/mol. The van der Waals surface area contributed by atoms with E-state index in [2.05, 4.69) is 24.5 Å². The Hall–Kier alpha value is -0.220. The number of rotatable bonds is 4. The molecule has 2 saturated heterocycles. The summed E-state index contributed by atoms with van der Waals surface area (Å²) in [5.74, 6) is 1.64. The molecule has 0 aromatic rings. The molecule has 2 heterocycles. The van der Waals surface area contributed by atoms with Crippen LogP contribution in [0.5, 0.6) is 0 Å². The van der Waals surface area contributed by atoms with E-state index in [1.165, 1.54) is 25.8 Å². The molecule has 2 atom stereocenters. The van der Waals surface area contributed by atoms with Gasteiger partial charge in [0.15, 0.2) is 0 Å². The van der Waals surface area contributed by atoms with Crippen LogP contribution in [0.3, 0.4) is 0 Å². The highest BCUT2D eigenvalue weighted by Crippen LogP contribution is 2.20. The van der Waals surface area contributed by atoms with Gasteiger partial charge in [-0.3, -0.25) is 9.69 Å². The summed E-state index contributed by atoms with van der Waals surface area (Å²) in [6.45, 7) is 6.39. The Morgan fingerprint density at radius 1 is 1.35 bits per heavy atom. The van der Waals surface area contributed by atoms with Crippen molar-refractivity contribution in [3.05, 3.63) is 0 Å². The van der Waals surface area contributed by atoms with Crippen LogP contribution in [0.15, 0.2) is 0 Å². The van der Waals surface area contributed by atoms with E-state index in [9.17, 15) is 4.79 Å². The second kappa shape index (κ2) is 6.10. The molecular weight excluding hydrogens is 232 g/mol. The van der Waals surface area contributed by atoms with E-state index in [1.54, 1.807) is 0 Å². The van der Waals surface area contributed by atoms with Gasteiger partial charge in [-0.15, -0.1) is 0 Å². The summed E-state index contributed by atoms with van der Waals surface area (Å²) in [5.41, 5.74) is 0. The molecule has 1 amide bonds. The summed E-state index contributed by atoms with van der Waals surface area (Å²) in [6, 6.07) is 0.696. The summed E-state index contributed by atoms with van der Waals surface area (Å²) < 4.78 is 0. The van der Waals surface area contributed by atoms with Gasteiger partial charge < -0.3 is 4.90 Å². The summed E-state index contributed by atoms with van der Waals surface area (Å²) in [7, 11) is 0. The number of likely N-dealkylation sites (tertiary alicyclic amines) is 2. The quantitative estimate of drug-likeness (QED) is 0.773. The smallest absolute Gasteiger partial charge is 0.222 e. The molecule has 98 valence electrons. The lowest BCUT2D eigenvalue weighted by Gasteiger charge is -2.34. The van der Waals surface area contributed by atoms with Gasteiger partial charge in [0.1, 0.15) is 0 Å². The largest absolute Gasteiger partial charge is 0.341 e. The Balaban J connectivity index is 1.76. The Bertz CT molecular complexity index is 272. The van der Waals surface area contributed by atoms with Crippen LogP contribution < -0.4 is 0 Å². The topological polar surface area (TPSA) is 23.6 Å².